The van der Waals surface area contributed by atoms with Crippen molar-refractivity contribution in [3.63, 3.8) is 0 Å². The molecule has 126 heavy (non-hydrogen) atoms. The summed E-state index contributed by atoms with van der Waals surface area (Å²) in [7, 11) is 0. The van der Waals surface area contributed by atoms with Gasteiger partial charge in [0.2, 0.25) is 0 Å². The zero-order valence-electron chi connectivity index (χ0n) is 70.8. The molecule has 0 bridgehead atoms. The number of benzene rings is 20. The predicted octanol–water partition coefficient (Wildman–Crippen LogP) is 32.6. The Morgan fingerprint density at radius 2 is 0.468 bits per heavy atom. The van der Waals surface area contributed by atoms with Crippen LogP contribution in [0, 0.1) is 0 Å². The van der Waals surface area contributed by atoms with Crippen molar-refractivity contribution in [2.75, 3.05) is 9.80 Å². The van der Waals surface area contributed by atoms with Crippen molar-refractivity contribution in [2.45, 2.75) is 49.4 Å². The van der Waals surface area contributed by atoms with E-state index in [1.54, 1.807) is 0 Å². The minimum Gasteiger partial charge on any atom is -0.310 e. The quantitative estimate of drug-likeness (QED) is 0.101. The molecule has 20 aromatic rings. The maximum absolute atomic E-state index is 2.63. The highest BCUT2D eigenvalue weighted by atomic mass is 15.2. The number of anilines is 6. The normalized spacial score (nSPS) is 15.5. The molecule has 0 saturated heterocycles. The van der Waals surface area contributed by atoms with Crippen LogP contribution in [0.1, 0.15) is 94.5 Å². The lowest BCUT2D eigenvalue weighted by Gasteiger charge is -2.37. The van der Waals surface area contributed by atoms with E-state index in [-0.39, 0.29) is 5.41 Å². The molecule has 2 heteroatoms. The van der Waals surface area contributed by atoms with Crippen LogP contribution < -0.4 is 9.80 Å². The van der Waals surface area contributed by atoms with Crippen LogP contribution in [-0.4, -0.2) is 0 Å². The third kappa shape index (κ3) is 11.4. The van der Waals surface area contributed by atoms with E-state index >= 15 is 0 Å². The zero-order chi connectivity index (χ0) is 84.0. The van der Waals surface area contributed by atoms with Crippen molar-refractivity contribution >= 4 is 55.7 Å². The summed E-state index contributed by atoms with van der Waals surface area (Å²) in [6, 6.07) is 175. The fourth-order valence-electron chi connectivity index (χ4n) is 22.4. The first-order valence-corrected chi connectivity index (χ1v) is 44.3. The smallest absolute Gasteiger partial charge is 0.0714 e. The van der Waals surface area contributed by atoms with E-state index in [0.29, 0.717) is 0 Å². The van der Waals surface area contributed by atoms with Gasteiger partial charge in [-0.2, -0.15) is 0 Å². The van der Waals surface area contributed by atoms with Gasteiger partial charge in [0.25, 0.3) is 0 Å². The third-order valence-electron chi connectivity index (χ3n) is 28.4. The van der Waals surface area contributed by atoms with Gasteiger partial charge in [0.05, 0.1) is 22.2 Å². The molecule has 2 atom stereocenters. The first-order chi connectivity index (χ1) is 62.0. The second kappa shape index (κ2) is 29.1. The van der Waals surface area contributed by atoms with Gasteiger partial charge in [-0.1, -0.05) is 410 Å². The van der Waals surface area contributed by atoms with Crippen molar-refractivity contribution in [3.8, 4) is 100 Å². The molecule has 0 N–H and O–H groups in total. The Bertz CT molecular complexity index is 7750. The highest BCUT2D eigenvalue weighted by molar-refractivity contribution is 6.02. The van der Waals surface area contributed by atoms with Gasteiger partial charge in [0, 0.05) is 44.7 Å². The molecule has 0 radical (unpaired) electrons. The van der Waals surface area contributed by atoms with Crippen LogP contribution in [0.2, 0.25) is 0 Å². The molecule has 0 aromatic heterocycles. The molecule has 2 nitrogen and oxygen atoms in total. The highest BCUT2D eigenvalue weighted by Gasteiger charge is 2.51. The largest absolute Gasteiger partial charge is 0.310 e. The molecular weight excluding hydrogens is 1520 g/mol. The van der Waals surface area contributed by atoms with Gasteiger partial charge in [-0.3, -0.25) is 0 Å². The maximum Gasteiger partial charge on any atom is 0.0714 e. The summed E-state index contributed by atoms with van der Waals surface area (Å²) in [6.45, 7) is 9.81. The Labute approximate surface area is 737 Å². The Hall–Kier alpha value is -15.5. The van der Waals surface area contributed by atoms with Gasteiger partial charge in [-0.05, 0) is 256 Å². The van der Waals surface area contributed by atoms with Crippen molar-refractivity contribution in [2.24, 2.45) is 0 Å². The summed E-state index contributed by atoms with van der Waals surface area (Å²) < 4.78 is 0. The summed E-state index contributed by atoms with van der Waals surface area (Å²) in [5.41, 5.74) is 41.4. The molecule has 2 unspecified atom stereocenters. The number of hydrogen-bond acceptors (Lipinski definition) is 2. The van der Waals surface area contributed by atoms with Crippen LogP contribution in [0.3, 0.4) is 0 Å². The molecule has 0 heterocycles. The van der Waals surface area contributed by atoms with E-state index in [1.165, 1.54) is 166 Å². The molecule has 4 aliphatic rings. The Morgan fingerprint density at radius 1 is 0.159 bits per heavy atom. The average molecular weight is 1610 g/mol. The highest BCUT2D eigenvalue weighted by Crippen LogP contribution is 2.63. The van der Waals surface area contributed by atoms with Gasteiger partial charge >= 0.3 is 0 Å². The fraction of sp³-hybridized carbons (Fsp3) is 0.0645. The average Bonchev–Trinajstić information content (AvgIpc) is 1.49. The van der Waals surface area contributed by atoms with Gasteiger partial charge in [0.1, 0.15) is 0 Å². The molecule has 4 aliphatic carbocycles. The summed E-state index contributed by atoms with van der Waals surface area (Å²) in [5, 5.41) is 4.81. The van der Waals surface area contributed by atoms with E-state index in [1.807, 2.05) is 0 Å². The number of rotatable bonds is 15. The van der Waals surface area contributed by atoms with Crippen LogP contribution in [0.4, 0.5) is 34.1 Å². The molecule has 0 amide bonds. The summed E-state index contributed by atoms with van der Waals surface area (Å²) >= 11 is 0. The summed E-state index contributed by atoms with van der Waals surface area (Å²) in [4.78, 5) is 4.99. The van der Waals surface area contributed by atoms with Gasteiger partial charge in [-0.25, -0.2) is 0 Å². The van der Waals surface area contributed by atoms with Crippen molar-refractivity contribution in [1.82, 2.24) is 0 Å². The number of hydrogen-bond donors (Lipinski definition) is 0. The second-order valence-electron chi connectivity index (χ2n) is 35.7. The van der Waals surface area contributed by atoms with E-state index in [9.17, 15) is 0 Å². The summed E-state index contributed by atoms with van der Waals surface area (Å²) in [5.74, 6) is 0. The lowest BCUT2D eigenvalue weighted by atomic mass is 9.65. The van der Waals surface area contributed by atoms with E-state index in [0.717, 1.165) is 56.4 Å². The monoisotopic (exact) mass is 1600 g/mol. The lowest BCUT2D eigenvalue weighted by molar-refractivity contribution is 0.651. The second-order valence-corrected chi connectivity index (χ2v) is 35.7. The van der Waals surface area contributed by atoms with Crippen LogP contribution >= 0.6 is 0 Å². The SMILES string of the molecule is CC1(C)c2ccccc2-c2ccc(C3(c4ccc5c(c4)C(C)(C)c4cc(-c6cccc7ccc(C8(c9ccc%10ccccc%10c9)c9ccccc9-c9ccc(N(c%10ccc(-c%11ccccc%11)cc%10)c%10ccccc%10-c%10ccccc%10)cc98)cc67)ccc4-5)c4ccccc4-c4ccc(N(c5ccc(-c6ccccc6)cc5)c5ccccc5-c5ccccc5)cc43)cc21. The van der Waals surface area contributed by atoms with Crippen molar-refractivity contribution in [3.05, 3.63) is 528 Å². The predicted molar refractivity (Wildman–Crippen MR) is 528 cm³/mol. The van der Waals surface area contributed by atoms with Crippen molar-refractivity contribution in [1.29, 1.82) is 0 Å². The molecule has 0 fully saturated rings. The van der Waals surface area contributed by atoms with Crippen molar-refractivity contribution < 1.29 is 0 Å². The number of fused-ring (bicyclic) bond motifs is 14. The molecule has 24 rings (SSSR count). The molecule has 0 aliphatic heterocycles. The van der Waals surface area contributed by atoms with Crippen LogP contribution in [0.15, 0.2) is 461 Å². The Kier molecular flexibility index (Phi) is 17.2. The minimum atomic E-state index is -0.788. The molecule has 594 valence electrons. The molecular formula is C124H88N2. The Morgan fingerprint density at radius 3 is 0.968 bits per heavy atom. The maximum atomic E-state index is 2.63. The first kappa shape index (κ1) is 74.4. The summed E-state index contributed by atoms with van der Waals surface area (Å²) in [6.07, 6.45) is 0. The lowest BCUT2D eigenvalue weighted by Crippen LogP contribution is -2.30. The third-order valence-corrected chi connectivity index (χ3v) is 28.4. The molecule has 0 spiro atoms. The number of para-hydroxylation sites is 2. The number of nitrogens with zero attached hydrogens (tertiary/aromatic N) is 2. The Balaban J connectivity index is 0.674. The zero-order valence-corrected chi connectivity index (χ0v) is 70.8. The minimum absolute atomic E-state index is 0.256. The molecule has 0 saturated carbocycles. The van der Waals surface area contributed by atoms with Crippen LogP contribution in [0.5, 0.6) is 0 Å². The topological polar surface area (TPSA) is 6.48 Å². The first-order valence-electron chi connectivity index (χ1n) is 44.3. The fourth-order valence-corrected chi connectivity index (χ4v) is 22.4. The van der Waals surface area contributed by atoms with Crippen LogP contribution in [0.25, 0.3) is 122 Å². The van der Waals surface area contributed by atoms with E-state index in [2.05, 4.69) is 499 Å². The van der Waals surface area contributed by atoms with Crippen LogP contribution in [-0.2, 0) is 21.7 Å². The van der Waals surface area contributed by atoms with Gasteiger partial charge in [-0.15, -0.1) is 0 Å². The van der Waals surface area contributed by atoms with Gasteiger partial charge < -0.3 is 9.80 Å². The molecule has 20 aromatic carbocycles. The van der Waals surface area contributed by atoms with E-state index < -0.39 is 16.2 Å². The van der Waals surface area contributed by atoms with Gasteiger partial charge in [0.15, 0.2) is 0 Å². The van der Waals surface area contributed by atoms with E-state index in [4.69, 9.17) is 0 Å². The standard InChI is InChI=1S/C124H88N2/c1-121(2)111-47-24-19-43-102(111)106-70-61-93(77-115(106)121)124(113-49-26-21-45-104(113)109-73-68-98(80-118(109)124)126(96-65-56-85(57-66-96)82-32-11-6-12-33-82)120-51-28-23-42-101(120)87-37-15-8-16-38-87)94-62-71-107-105-69-58-90(75-114(105)122(3,4)116(107)78-94)99-46-29-40-88-53-60-92(76-110(88)99)123(91-59-52-83-34-17-18-39-89(83)74-91)112-48-25-20-44-103(112)108-72-67-97(79-117(108)123)125(95-63-54-84(55-64-95)81-30-9-5-10-31-81)119-50-27-22-41-100(119)86-35-13-7-14-36-86/h5-80H,1-4H3.